The maximum Gasteiger partial charge on any atom is 0.408 e. The van der Waals surface area contributed by atoms with Gasteiger partial charge in [0, 0.05) is 6.04 Å². The first-order chi connectivity index (χ1) is 8.34. The molecule has 1 atom stereocenters. The summed E-state index contributed by atoms with van der Waals surface area (Å²) in [7, 11) is 0. The number of hydrogen-bond acceptors (Lipinski definition) is 5. The largest absolute Gasteiger partial charge is 0.408 e. The number of nitrogens with one attached hydrogen (secondary N) is 2. The van der Waals surface area contributed by atoms with Gasteiger partial charge in [-0.2, -0.15) is 28.1 Å². The van der Waals surface area contributed by atoms with E-state index in [1.807, 2.05) is 0 Å². The molecular formula is C9H11ClF3N5. The number of halogens is 4. The Balaban J connectivity index is 2.09. The van der Waals surface area contributed by atoms with Crippen LogP contribution >= 0.6 is 11.6 Å². The molecule has 1 fully saturated rings. The number of alkyl halides is 3. The zero-order valence-electron chi connectivity index (χ0n) is 9.42. The number of aromatic nitrogens is 3. The Morgan fingerprint density at radius 1 is 1.22 bits per heavy atom. The molecule has 100 valence electrons. The van der Waals surface area contributed by atoms with Crippen LogP contribution in [-0.2, 0) is 0 Å². The Kier molecular flexibility index (Phi) is 3.47. The van der Waals surface area contributed by atoms with Crippen LogP contribution in [0.15, 0.2) is 0 Å². The lowest BCUT2D eigenvalue weighted by Gasteiger charge is -2.17. The molecule has 1 saturated carbocycles. The SMILES string of the molecule is C[C@H](Nc1nc(Cl)nc(NC2CC2)n1)C(F)(F)F. The summed E-state index contributed by atoms with van der Waals surface area (Å²) in [6.07, 6.45) is -2.39. The monoisotopic (exact) mass is 281 g/mol. The summed E-state index contributed by atoms with van der Waals surface area (Å²) in [5, 5.41) is 4.94. The first-order valence-electron chi connectivity index (χ1n) is 5.36. The van der Waals surface area contributed by atoms with Crippen molar-refractivity contribution in [1.29, 1.82) is 0 Å². The Morgan fingerprint density at radius 2 is 1.83 bits per heavy atom. The molecule has 2 rings (SSSR count). The fraction of sp³-hybridized carbons (Fsp3) is 0.667. The van der Waals surface area contributed by atoms with Gasteiger partial charge in [-0.1, -0.05) is 0 Å². The second-order valence-electron chi connectivity index (χ2n) is 4.08. The van der Waals surface area contributed by atoms with Crippen molar-refractivity contribution in [1.82, 2.24) is 15.0 Å². The van der Waals surface area contributed by atoms with E-state index in [4.69, 9.17) is 11.6 Å². The van der Waals surface area contributed by atoms with E-state index in [0.29, 0.717) is 0 Å². The lowest BCUT2D eigenvalue weighted by Crippen LogP contribution is -2.33. The van der Waals surface area contributed by atoms with E-state index in [0.717, 1.165) is 19.8 Å². The van der Waals surface area contributed by atoms with E-state index < -0.39 is 12.2 Å². The summed E-state index contributed by atoms with van der Waals surface area (Å²) in [4.78, 5) is 11.2. The van der Waals surface area contributed by atoms with Gasteiger partial charge in [0.15, 0.2) is 0 Å². The molecule has 0 aromatic carbocycles. The van der Waals surface area contributed by atoms with Crippen LogP contribution in [0.5, 0.6) is 0 Å². The normalized spacial score (nSPS) is 17.4. The Bertz CT molecular complexity index is 435. The summed E-state index contributed by atoms with van der Waals surface area (Å²) >= 11 is 5.63. The van der Waals surface area contributed by atoms with Crippen LogP contribution in [0.3, 0.4) is 0 Å². The van der Waals surface area contributed by atoms with Crippen LogP contribution in [0.25, 0.3) is 0 Å². The molecule has 1 aliphatic carbocycles. The fourth-order valence-corrected chi connectivity index (χ4v) is 1.33. The second-order valence-corrected chi connectivity index (χ2v) is 4.42. The van der Waals surface area contributed by atoms with Crippen molar-refractivity contribution in [2.75, 3.05) is 10.6 Å². The average Bonchev–Trinajstić information content (AvgIpc) is 2.98. The maximum absolute atomic E-state index is 12.4. The minimum atomic E-state index is -4.37. The summed E-state index contributed by atoms with van der Waals surface area (Å²) in [6, 6.07) is -1.49. The van der Waals surface area contributed by atoms with E-state index in [2.05, 4.69) is 25.6 Å². The fourth-order valence-electron chi connectivity index (χ4n) is 1.16. The quantitative estimate of drug-likeness (QED) is 0.888. The summed E-state index contributed by atoms with van der Waals surface area (Å²) in [6.45, 7) is 0.978. The molecule has 1 aromatic heterocycles. The predicted octanol–water partition coefficient (Wildman–Crippen LogP) is 2.46. The number of anilines is 2. The molecule has 0 unspecified atom stereocenters. The third-order valence-electron chi connectivity index (χ3n) is 2.36. The predicted molar refractivity (Wildman–Crippen MR) is 60.6 cm³/mol. The Labute approximate surface area is 106 Å². The second kappa shape index (κ2) is 4.75. The van der Waals surface area contributed by atoms with Crippen LogP contribution in [0.4, 0.5) is 25.1 Å². The van der Waals surface area contributed by atoms with Gasteiger partial charge in [-0.3, -0.25) is 0 Å². The van der Waals surface area contributed by atoms with Crippen molar-refractivity contribution in [3.05, 3.63) is 5.28 Å². The smallest absolute Gasteiger partial charge is 0.351 e. The molecule has 0 spiro atoms. The lowest BCUT2D eigenvalue weighted by molar-refractivity contribution is -0.138. The molecule has 0 amide bonds. The van der Waals surface area contributed by atoms with Crippen LogP contribution in [0.2, 0.25) is 5.28 Å². The molecule has 0 bridgehead atoms. The van der Waals surface area contributed by atoms with E-state index in [1.165, 1.54) is 0 Å². The van der Waals surface area contributed by atoms with Crippen molar-refractivity contribution in [3.63, 3.8) is 0 Å². The molecule has 1 heterocycles. The van der Waals surface area contributed by atoms with Gasteiger partial charge in [0.1, 0.15) is 6.04 Å². The molecule has 0 radical (unpaired) electrons. The number of nitrogens with zero attached hydrogens (tertiary/aromatic N) is 3. The zero-order valence-corrected chi connectivity index (χ0v) is 10.2. The third-order valence-corrected chi connectivity index (χ3v) is 2.52. The van der Waals surface area contributed by atoms with Gasteiger partial charge >= 0.3 is 6.18 Å². The van der Waals surface area contributed by atoms with Crippen molar-refractivity contribution < 1.29 is 13.2 Å². The zero-order chi connectivity index (χ0) is 13.3. The number of rotatable bonds is 4. The summed E-state index contributed by atoms with van der Waals surface area (Å²) in [5.41, 5.74) is 0. The standard InChI is InChI=1S/C9H11ClF3N5/c1-4(9(11,12)13)14-7-16-6(10)17-8(18-7)15-5-2-3-5/h4-5H,2-3H2,1H3,(H2,14,15,16,17,18)/t4-/m0/s1. The molecule has 5 nitrogen and oxygen atoms in total. The molecule has 1 aromatic rings. The first-order valence-corrected chi connectivity index (χ1v) is 5.74. The molecule has 2 N–H and O–H groups in total. The van der Waals surface area contributed by atoms with E-state index in [1.54, 1.807) is 0 Å². The van der Waals surface area contributed by atoms with Crippen LogP contribution in [-0.4, -0.2) is 33.2 Å². The molecule has 18 heavy (non-hydrogen) atoms. The van der Waals surface area contributed by atoms with Crippen LogP contribution in [0, 0.1) is 0 Å². The number of hydrogen-bond donors (Lipinski definition) is 2. The van der Waals surface area contributed by atoms with Crippen molar-refractivity contribution in [2.24, 2.45) is 0 Å². The van der Waals surface area contributed by atoms with Gasteiger partial charge in [-0.05, 0) is 31.4 Å². The van der Waals surface area contributed by atoms with Crippen LogP contribution < -0.4 is 10.6 Å². The molecule has 1 aliphatic rings. The average molecular weight is 282 g/mol. The highest BCUT2D eigenvalue weighted by Crippen LogP contribution is 2.25. The van der Waals surface area contributed by atoms with E-state index in [9.17, 15) is 13.2 Å². The van der Waals surface area contributed by atoms with Gasteiger partial charge < -0.3 is 10.6 Å². The lowest BCUT2D eigenvalue weighted by atomic mass is 10.3. The van der Waals surface area contributed by atoms with Gasteiger partial charge in [0.05, 0.1) is 0 Å². The highest BCUT2D eigenvalue weighted by molar-refractivity contribution is 6.28. The molecular weight excluding hydrogens is 271 g/mol. The highest BCUT2D eigenvalue weighted by Gasteiger charge is 2.36. The van der Waals surface area contributed by atoms with Gasteiger partial charge in [0.25, 0.3) is 0 Å². The van der Waals surface area contributed by atoms with Gasteiger partial charge in [-0.25, -0.2) is 0 Å². The van der Waals surface area contributed by atoms with Crippen molar-refractivity contribution >= 4 is 23.5 Å². The van der Waals surface area contributed by atoms with E-state index in [-0.39, 0.29) is 23.2 Å². The summed E-state index contributed by atoms with van der Waals surface area (Å²) < 4.78 is 37.1. The van der Waals surface area contributed by atoms with Crippen molar-refractivity contribution in [3.8, 4) is 0 Å². The summed E-state index contributed by atoms with van der Waals surface area (Å²) in [5.74, 6) is -0.00245. The van der Waals surface area contributed by atoms with E-state index >= 15 is 0 Å². The third kappa shape index (κ3) is 3.59. The first kappa shape index (κ1) is 13.1. The Hall–Kier alpha value is -1.31. The minimum absolute atomic E-state index is 0.148. The van der Waals surface area contributed by atoms with Gasteiger partial charge in [0.2, 0.25) is 17.2 Å². The molecule has 0 aliphatic heterocycles. The minimum Gasteiger partial charge on any atom is -0.351 e. The highest BCUT2D eigenvalue weighted by atomic mass is 35.5. The van der Waals surface area contributed by atoms with Crippen molar-refractivity contribution in [2.45, 2.75) is 38.0 Å². The maximum atomic E-state index is 12.4. The topological polar surface area (TPSA) is 62.7 Å². The molecule has 9 heteroatoms. The Morgan fingerprint density at radius 3 is 2.39 bits per heavy atom. The van der Waals surface area contributed by atoms with Gasteiger partial charge in [-0.15, -0.1) is 0 Å². The molecule has 0 saturated heterocycles. The van der Waals surface area contributed by atoms with Crippen LogP contribution in [0.1, 0.15) is 19.8 Å².